The summed E-state index contributed by atoms with van der Waals surface area (Å²) in [6.07, 6.45) is 0.984. The summed E-state index contributed by atoms with van der Waals surface area (Å²) in [5.74, 6) is 0.119. The van der Waals surface area contributed by atoms with Crippen LogP contribution in [0, 0.1) is 5.41 Å². The van der Waals surface area contributed by atoms with Crippen LogP contribution >= 0.6 is 47.5 Å². The number of anilines is 1. The van der Waals surface area contributed by atoms with Crippen LogP contribution in [0.5, 0.6) is 0 Å². The van der Waals surface area contributed by atoms with E-state index in [1.165, 1.54) is 11.3 Å². The van der Waals surface area contributed by atoms with Crippen molar-refractivity contribution in [2.24, 2.45) is 11.1 Å². The lowest BCUT2D eigenvalue weighted by atomic mass is 9.90. The van der Waals surface area contributed by atoms with E-state index in [2.05, 4.69) is 11.9 Å². The largest absolute Gasteiger partial charge is 0.354 e. The summed E-state index contributed by atoms with van der Waals surface area (Å²) < 4.78 is 1.09. The molecule has 0 aromatic carbocycles. The van der Waals surface area contributed by atoms with Gasteiger partial charge >= 0.3 is 0 Å². The van der Waals surface area contributed by atoms with Gasteiger partial charge in [-0.1, -0.05) is 18.3 Å². The van der Waals surface area contributed by atoms with Crippen molar-refractivity contribution in [1.29, 1.82) is 0 Å². The summed E-state index contributed by atoms with van der Waals surface area (Å²) in [6, 6.07) is 1.98. The Bertz CT molecular complexity index is 656. The van der Waals surface area contributed by atoms with Crippen molar-refractivity contribution < 1.29 is 4.79 Å². The number of carbonyl (C=O) groups excluding carboxylic acids is 1. The molecule has 1 aliphatic heterocycles. The van der Waals surface area contributed by atoms with Crippen LogP contribution in [0.2, 0.25) is 0 Å². The second kappa shape index (κ2) is 7.53. The van der Waals surface area contributed by atoms with Crippen LogP contribution in [-0.2, 0) is 0 Å². The highest BCUT2D eigenvalue weighted by molar-refractivity contribution is 7.29. The summed E-state index contributed by atoms with van der Waals surface area (Å²) in [7, 11) is 3.96. The fourth-order valence-corrected chi connectivity index (χ4v) is 4.64. The fourth-order valence-electron chi connectivity index (χ4n) is 2.54. The van der Waals surface area contributed by atoms with E-state index in [1.54, 1.807) is 11.3 Å². The molecule has 0 spiro atoms. The normalized spacial score (nSPS) is 20.3. The fraction of sp³-hybridized carbons (Fsp3) is 0.571. The number of thiazole rings is 1. The minimum atomic E-state index is 0. The van der Waals surface area contributed by atoms with Crippen LogP contribution in [0.4, 0.5) is 5.13 Å². The molecule has 1 saturated heterocycles. The number of likely N-dealkylation sites (tertiary alicyclic amines) is 1. The van der Waals surface area contributed by atoms with Crippen molar-refractivity contribution in [3.63, 3.8) is 0 Å². The molecular weight excluding hydrogens is 375 g/mol. The number of carbonyl (C=O) groups is 1. The Labute approximate surface area is 156 Å². The van der Waals surface area contributed by atoms with Gasteiger partial charge in [0.15, 0.2) is 5.13 Å². The number of aromatic nitrogens is 1. The average Bonchev–Trinajstić information content (AvgIpc) is 3.10. The number of amides is 1. The molecule has 1 amide bonds. The maximum absolute atomic E-state index is 12.6. The van der Waals surface area contributed by atoms with Crippen LogP contribution in [0.25, 0.3) is 9.53 Å². The van der Waals surface area contributed by atoms with Crippen LogP contribution in [-0.4, -0.2) is 49.5 Å². The molecule has 0 bridgehead atoms. The minimum Gasteiger partial charge on any atom is -0.354 e. The Morgan fingerprint density at radius 3 is 2.65 bits per heavy atom. The number of nitrogens with zero attached hydrogens (tertiary/aromatic N) is 3. The standard InChI is InChI=1S/C14H20N4OS2.2ClH/c1-14(7-15)4-5-18(8-14)12(19)10-6-9-11(20-10)16-13(21-9)17(2)3;;/h6H,4-5,7-8,15H2,1-3H3;2*1H. The second-order valence-electron chi connectivity index (χ2n) is 6.16. The first-order valence-electron chi connectivity index (χ1n) is 6.99. The Kier molecular flexibility index (Phi) is 6.69. The molecule has 0 saturated carbocycles. The van der Waals surface area contributed by atoms with E-state index >= 15 is 0 Å². The molecular formula is C14H22Cl2N4OS2. The molecule has 0 aliphatic carbocycles. The van der Waals surface area contributed by atoms with Gasteiger partial charge in [0.25, 0.3) is 5.91 Å². The summed E-state index contributed by atoms with van der Waals surface area (Å²) >= 11 is 3.11. The van der Waals surface area contributed by atoms with E-state index in [9.17, 15) is 4.79 Å². The van der Waals surface area contributed by atoms with Gasteiger partial charge in [-0.15, -0.1) is 36.2 Å². The zero-order valence-corrected chi connectivity index (χ0v) is 16.6. The summed E-state index contributed by atoms with van der Waals surface area (Å²) in [5.41, 5.74) is 5.88. The Balaban J connectivity index is 0.00000132. The van der Waals surface area contributed by atoms with Gasteiger partial charge in [-0.05, 0) is 24.4 Å². The molecule has 2 N–H and O–H groups in total. The topological polar surface area (TPSA) is 62.5 Å². The zero-order valence-electron chi connectivity index (χ0n) is 13.4. The maximum atomic E-state index is 12.6. The Hall–Kier alpha value is -0.600. The first-order valence-corrected chi connectivity index (χ1v) is 8.62. The molecule has 1 atom stereocenters. The quantitative estimate of drug-likeness (QED) is 0.865. The van der Waals surface area contributed by atoms with E-state index in [-0.39, 0.29) is 36.1 Å². The molecule has 0 radical (unpaired) electrons. The van der Waals surface area contributed by atoms with E-state index in [0.717, 1.165) is 39.0 Å². The number of halogens is 2. The van der Waals surface area contributed by atoms with Crippen LogP contribution in [0.3, 0.4) is 0 Å². The smallest absolute Gasteiger partial charge is 0.264 e. The highest BCUT2D eigenvalue weighted by Crippen LogP contribution is 2.36. The molecule has 5 nitrogen and oxygen atoms in total. The molecule has 1 unspecified atom stereocenters. The van der Waals surface area contributed by atoms with E-state index in [4.69, 9.17) is 5.73 Å². The van der Waals surface area contributed by atoms with Gasteiger partial charge in [-0.2, -0.15) is 0 Å². The van der Waals surface area contributed by atoms with Crippen molar-refractivity contribution in [3.8, 4) is 0 Å². The number of fused-ring (bicyclic) bond motifs is 1. The third kappa shape index (κ3) is 3.91. The number of hydrogen-bond donors (Lipinski definition) is 1. The third-order valence-corrected chi connectivity index (χ3v) is 6.33. The monoisotopic (exact) mass is 396 g/mol. The van der Waals surface area contributed by atoms with Crippen LogP contribution in [0.15, 0.2) is 6.07 Å². The van der Waals surface area contributed by atoms with E-state index < -0.39 is 0 Å². The predicted octanol–water partition coefficient (Wildman–Crippen LogP) is 3.08. The third-order valence-electron chi connectivity index (χ3n) is 4.01. The first kappa shape index (κ1) is 20.4. The van der Waals surface area contributed by atoms with Crippen molar-refractivity contribution >= 4 is 68.1 Å². The Morgan fingerprint density at radius 2 is 2.13 bits per heavy atom. The van der Waals surface area contributed by atoms with Gasteiger partial charge in [0.05, 0.1) is 9.58 Å². The number of rotatable bonds is 3. The lowest BCUT2D eigenvalue weighted by Crippen LogP contribution is -2.34. The van der Waals surface area contributed by atoms with Gasteiger partial charge in [-0.25, -0.2) is 4.98 Å². The summed E-state index contributed by atoms with van der Waals surface area (Å²) in [6.45, 7) is 4.33. The summed E-state index contributed by atoms with van der Waals surface area (Å²) in [4.78, 5) is 22.8. The molecule has 3 heterocycles. The second-order valence-corrected chi connectivity index (χ2v) is 8.20. The molecule has 2 aromatic rings. The molecule has 3 rings (SSSR count). The number of nitrogens with two attached hydrogens (primary N) is 1. The lowest BCUT2D eigenvalue weighted by Gasteiger charge is -2.22. The summed E-state index contributed by atoms with van der Waals surface area (Å²) in [5, 5.41) is 0.979. The molecule has 23 heavy (non-hydrogen) atoms. The molecule has 1 fully saturated rings. The zero-order chi connectivity index (χ0) is 15.2. The van der Waals surface area contributed by atoms with E-state index in [0.29, 0.717) is 6.54 Å². The van der Waals surface area contributed by atoms with Crippen molar-refractivity contribution in [3.05, 3.63) is 10.9 Å². The van der Waals surface area contributed by atoms with Gasteiger partial charge in [0.2, 0.25) is 0 Å². The number of hydrogen-bond acceptors (Lipinski definition) is 6. The van der Waals surface area contributed by atoms with Crippen LogP contribution in [0.1, 0.15) is 23.0 Å². The molecule has 130 valence electrons. The van der Waals surface area contributed by atoms with Gasteiger partial charge in [0.1, 0.15) is 4.83 Å². The van der Waals surface area contributed by atoms with Crippen molar-refractivity contribution in [1.82, 2.24) is 9.88 Å². The lowest BCUT2D eigenvalue weighted by molar-refractivity contribution is 0.0782. The highest BCUT2D eigenvalue weighted by Gasteiger charge is 2.35. The first-order chi connectivity index (χ1) is 9.92. The molecule has 9 heteroatoms. The Morgan fingerprint density at radius 1 is 1.43 bits per heavy atom. The van der Waals surface area contributed by atoms with Crippen molar-refractivity contribution in [2.75, 3.05) is 38.6 Å². The van der Waals surface area contributed by atoms with Crippen LogP contribution < -0.4 is 10.6 Å². The number of thiophene rings is 1. The van der Waals surface area contributed by atoms with Gasteiger partial charge in [0, 0.05) is 27.2 Å². The highest BCUT2D eigenvalue weighted by atomic mass is 35.5. The van der Waals surface area contributed by atoms with Crippen molar-refractivity contribution in [2.45, 2.75) is 13.3 Å². The predicted molar refractivity (Wildman–Crippen MR) is 104 cm³/mol. The molecule has 2 aromatic heterocycles. The molecule has 1 aliphatic rings. The van der Waals surface area contributed by atoms with Gasteiger partial charge in [-0.3, -0.25) is 4.79 Å². The maximum Gasteiger partial charge on any atom is 0.264 e. The SMILES string of the molecule is CN(C)c1nc2sc(C(=O)N3CCC(C)(CN)C3)cc2s1.Cl.Cl. The average molecular weight is 397 g/mol. The van der Waals surface area contributed by atoms with E-state index in [1.807, 2.05) is 30.0 Å². The van der Waals surface area contributed by atoms with Gasteiger partial charge < -0.3 is 15.5 Å². The minimum absolute atomic E-state index is 0.